The highest BCUT2D eigenvalue weighted by atomic mass is 16.2. The first-order valence-electron chi connectivity index (χ1n) is 8.38. The molecule has 0 fully saturated rings. The molecule has 0 aromatic heterocycles. The Morgan fingerprint density at radius 1 is 0.960 bits per heavy atom. The second-order valence-corrected chi connectivity index (χ2v) is 6.13. The van der Waals surface area contributed by atoms with E-state index in [2.05, 4.69) is 10.6 Å². The maximum Gasteiger partial charge on any atom is 0.238 e. The minimum absolute atomic E-state index is 0.0857. The molecule has 0 bridgehead atoms. The molecule has 5 nitrogen and oxygen atoms in total. The van der Waals surface area contributed by atoms with Gasteiger partial charge in [-0.15, -0.1) is 0 Å². The Labute approximate surface area is 149 Å². The van der Waals surface area contributed by atoms with Crippen molar-refractivity contribution in [3.63, 3.8) is 0 Å². The van der Waals surface area contributed by atoms with Crippen LogP contribution in [0.2, 0.25) is 0 Å². The van der Waals surface area contributed by atoms with Gasteiger partial charge in [-0.05, 0) is 29.7 Å². The molecule has 2 rings (SSSR count). The number of anilines is 1. The summed E-state index contributed by atoms with van der Waals surface area (Å²) < 4.78 is 0. The fraction of sp³-hybridized carbons (Fsp3) is 0.300. The van der Waals surface area contributed by atoms with Crippen molar-refractivity contribution in [2.75, 3.05) is 26.0 Å². The molecule has 0 aliphatic heterocycles. The number of rotatable bonds is 8. The molecular weight excluding hydrogens is 314 g/mol. The van der Waals surface area contributed by atoms with Crippen molar-refractivity contribution >= 4 is 17.5 Å². The quantitative estimate of drug-likeness (QED) is 0.776. The summed E-state index contributed by atoms with van der Waals surface area (Å²) in [5, 5.41) is 6.01. The largest absolute Gasteiger partial charge is 0.349 e. The molecule has 0 atom stereocenters. The molecule has 0 unspecified atom stereocenters. The third-order valence-electron chi connectivity index (χ3n) is 3.79. The van der Waals surface area contributed by atoms with Gasteiger partial charge < -0.3 is 15.5 Å². The fourth-order valence-corrected chi connectivity index (χ4v) is 2.40. The molecule has 0 aliphatic carbocycles. The van der Waals surface area contributed by atoms with Gasteiger partial charge in [-0.25, -0.2) is 0 Å². The summed E-state index contributed by atoms with van der Waals surface area (Å²) in [5.41, 5.74) is 2.93. The predicted octanol–water partition coefficient (Wildman–Crippen LogP) is 2.44. The lowest BCUT2D eigenvalue weighted by atomic mass is 10.1. The molecule has 2 aromatic carbocycles. The Morgan fingerprint density at radius 3 is 2.40 bits per heavy atom. The van der Waals surface area contributed by atoms with Crippen molar-refractivity contribution in [3.8, 4) is 0 Å². The Kier molecular flexibility index (Phi) is 7.16. The zero-order valence-corrected chi connectivity index (χ0v) is 14.8. The van der Waals surface area contributed by atoms with Gasteiger partial charge in [-0.3, -0.25) is 9.59 Å². The Balaban J connectivity index is 1.78. The standard InChI is InChI=1S/C20H25N3O2/c1-23(2)20(25)12-11-16-9-6-10-18(13-16)22-19(24)15-21-14-17-7-4-3-5-8-17/h3-10,13,21H,11-12,14-15H2,1-2H3,(H,22,24). The summed E-state index contributed by atoms with van der Waals surface area (Å²) in [6, 6.07) is 17.6. The molecule has 0 saturated heterocycles. The summed E-state index contributed by atoms with van der Waals surface area (Å²) in [5.74, 6) is 0.0111. The van der Waals surface area contributed by atoms with E-state index in [1.54, 1.807) is 19.0 Å². The van der Waals surface area contributed by atoms with E-state index in [9.17, 15) is 9.59 Å². The van der Waals surface area contributed by atoms with E-state index >= 15 is 0 Å². The number of carbonyl (C=O) groups excluding carboxylic acids is 2. The van der Waals surface area contributed by atoms with Crippen LogP contribution in [-0.2, 0) is 22.6 Å². The third-order valence-corrected chi connectivity index (χ3v) is 3.79. The van der Waals surface area contributed by atoms with Gasteiger partial charge >= 0.3 is 0 Å². The first-order chi connectivity index (χ1) is 12.0. The molecule has 25 heavy (non-hydrogen) atoms. The van der Waals surface area contributed by atoms with Crippen LogP contribution < -0.4 is 10.6 Å². The van der Waals surface area contributed by atoms with Gasteiger partial charge in [0.25, 0.3) is 0 Å². The molecule has 0 saturated carbocycles. The highest BCUT2D eigenvalue weighted by Crippen LogP contribution is 2.12. The van der Waals surface area contributed by atoms with E-state index in [0.29, 0.717) is 19.4 Å². The van der Waals surface area contributed by atoms with Gasteiger partial charge in [0.15, 0.2) is 0 Å². The van der Waals surface area contributed by atoms with E-state index in [-0.39, 0.29) is 18.4 Å². The smallest absolute Gasteiger partial charge is 0.238 e. The molecule has 0 aliphatic rings. The Morgan fingerprint density at radius 2 is 1.68 bits per heavy atom. The maximum atomic E-state index is 12.0. The number of aryl methyl sites for hydroxylation is 1. The first kappa shape index (κ1) is 18.7. The summed E-state index contributed by atoms with van der Waals surface area (Å²) >= 11 is 0. The summed E-state index contributed by atoms with van der Waals surface area (Å²) in [7, 11) is 3.50. The van der Waals surface area contributed by atoms with Crippen molar-refractivity contribution in [3.05, 3.63) is 65.7 Å². The van der Waals surface area contributed by atoms with Crippen LogP contribution in [-0.4, -0.2) is 37.4 Å². The number of nitrogens with zero attached hydrogens (tertiary/aromatic N) is 1. The molecule has 2 amide bonds. The second kappa shape index (κ2) is 9.59. The number of nitrogens with one attached hydrogen (secondary N) is 2. The normalized spacial score (nSPS) is 10.3. The highest BCUT2D eigenvalue weighted by Gasteiger charge is 2.06. The van der Waals surface area contributed by atoms with Crippen molar-refractivity contribution in [1.82, 2.24) is 10.2 Å². The number of hydrogen-bond donors (Lipinski definition) is 2. The molecule has 2 aromatic rings. The Bertz CT molecular complexity index is 699. The lowest BCUT2D eigenvalue weighted by Crippen LogP contribution is -2.27. The van der Waals surface area contributed by atoms with Gasteiger partial charge in [0.2, 0.25) is 11.8 Å². The Hall–Kier alpha value is -2.66. The first-order valence-corrected chi connectivity index (χ1v) is 8.38. The van der Waals surface area contributed by atoms with Crippen LogP contribution in [0.25, 0.3) is 0 Å². The van der Waals surface area contributed by atoms with Gasteiger partial charge in [0, 0.05) is 32.7 Å². The second-order valence-electron chi connectivity index (χ2n) is 6.13. The van der Waals surface area contributed by atoms with Gasteiger partial charge in [-0.1, -0.05) is 42.5 Å². The molecule has 2 N–H and O–H groups in total. The summed E-state index contributed by atoms with van der Waals surface area (Å²) in [6.45, 7) is 0.902. The minimum Gasteiger partial charge on any atom is -0.349 e. The number of benzene rings is 2. The lowest BCUT2D eigenvalue weighted by molar-refractivity contribution is -0.128. The zero-order valence-electron chi connectivity index (χ0n) is 14.8. The molecule has 5 heteroatoms. The van der Waals surface area contributed by atoms with Crippen molar-refractivity contribution in [2.24, 2.45) is 0 Å². The minimum atomic E-state index is -0.0857. The molecular formula is C20H25N3O2. The maximum absolute atomic E-state index is 12.0. The van der Waals surface area contributed by atoms with E-state index in [1.165, 1.54) is 0 Å². The van der Waals surface area contributed by atoms with Crippen LogP contribution in [0.3, 0.4) is 0 Å². The van der Waals surface area contributed by atoms with Crippen LogP contribution in [0.15, 0.2) is 54.6 Å². The number of carbonyl (C=O) groups is 2. The fourth-order valence-electron chi connectivity index (χ4n) is 2.40. The SMILES string of the molecule is CN(C)C(=O)CCc1cccc(NC(=O)CNCc2ccccc2)c1. The lowest BCUT2D eigenvalue weighted by Gasteiger charge is -2.11. The van der Waals surface area contributed by atoms with E-state index in [1.807, 2.05) is 54.6 Å². The number of amides is 2. The monoisotopic (exact) mass is 339 g/mol. The van der Waals surface area contributed by atoms with Crippen molar-refractivity contribution in [2.45, 2.75) is 19.4 Å². The van der Waals surface area contributed by atoms with E-state index < -0.39 is 0 Å². The van der Waals surface area contributed by atoms with Crippen molar-refractivity contribution in [1.29, 1.82) is 0 Å². The average molecular weight is 339 g/mol. The molecule has 132 valence electrons. The highest BCUT2D eigenvalue weighted by molar-refractivity contribution is 5.92. The van der Waals surface area contributed by atoms with E-state index in [4.69, 9.17) is 0 Å². The summed E-state index contributed by atoms with van der Waals surface area (Å²) in [6.07, 6.45) is 1.12. The molecule has 0 radical (unpaired) electrons. The van der Waals surface area contributed by atoms with Crippen LogP contribution in [0, 0.1) is 0 Å². The average Bonchev–Trinajstić information content (AvgIpc) is 2.60. The topological polar surface area (TPSA) is 61.4 Å². The van der Waals surface area contributed by atoms with Gasteiger partial charge in [-0.2, -0.15) is 0 Å². The van der Waals surface area contributed by atoms with Crippen LogP contribution >= 0.6 is 0 Å². The van der Waals surface area contributed by atoms with Crippen LogP contribution in [0.1, 0.15) is 17.5 Å². The third kappa shape index (κ3) is 6.77. The zero-order chi connectivity index (χ0) is 18.1. The number of hydrogen-bond acceptors (Lipinski definition) is 3. The van der Waals surface area contributed by atoms with Gasteiger partial charge in [0.05, 0.1) is 6.54 Å². The van der Waals surface area contributed by atoms with Gasteiger partial charge in [0.1, 0.15) is 0 Å². The molecule has 0 spiro atoms. The van der Waals surface area contributed by atoms with Crippen molar-refractivity contribution < 1.29 is 9.59 Å². The van der Waals surface area contributed by atoms with Crippen LogP contribution in [0.4, 0.5) is 5.69 Å². The molecule has 0 heterocycles. The summed E-state index contributed by atoms with van der Waals surface area (Å²) in [4.78, 5) is 25.3. The predicted molar refractivity (Wildman–Crippen MR) is 100 cm³/mol. The van der Waals surface area contributed by atoms with E-state index in [0.717, 1.165) is 16.8 Å². The van der Waals surface area contributed by atoms with Crippen LogP contribution in [0.5, 0.6) is 0 Å².